The van der Waals surface area contributed by atoms with Gasteiger partial charge in [-0.2, -0.15) is 0 Å². The van der Waals surface area contributed by atoms with Crippen molar-refractivity contribution >= 4 is 41.6 Å². The van der Waals surface area contributed by atoms with Gasteiger partial charge in [0.2, 0.25) is 11.8 Å². The average Bonchev–Trinajstić information content (AvgIpc) is 2.59. The summed E-state index contributed by atoms with van der Waals surface area (Å²) in [6, 6.07) is 4.45. The SMILES string of the molecule is COc1cc(NC(=O)CCOCCN)ccc1N1CCC(=O)NC1=O.Cl. The lowest BCUT2D eigenvalue weighted by atomic mass is 10.2. The van der Waals surface area contributed by atoms with Crippen LogP contribution in [0.5, 0.6) is 5.75 Å². The van der Waals surface area contributed by atoms with E-state index in [2.05, 4.69) is 10.6 Å². The Morgan fingerprint density at radius 1 is 1.35 bits per heavy atom. The second-order valence-corrected chi connectivity index (χ2v) is 5.34. The Morgan fingerprint density at radius 3 is 2.77 bits per heavy atom. The van der Waals surface area contributed by atoms with E-state index in [4.69, 9.17) is 15.2 Å². The largest absolute Gasteiger partial charge is 0.494 e. The number of hydrogen-bond donors (Lipinski definition) is 3. The van der Waals surface area contributed by atoms with E-state index >= 15 is 0 Å². The number of urea groups is 1. The van der Waals surface area contributed by atoms with Crippen LogP contribution in [0.3, 0.4) is 0 Å². The maximum Gasteiger partial charge on any atom is 0.328 e. The number of imide groups is 1. The maximum atomic E-state index is 12.0. The van der Waals surface area contributed by atoms with Crippen LogP contribution in [0.1, 0.15) is 12.8 Å². The summed E-state index contributed by atoms with van der Waals surface area (Å²) in [7, 11) is 1.47. The molecule has 1 aliphatic rings. The number of carbonyl (C=O) groups excluding carboxylic acids is 3. The second-order valence-electron chi connectivity index (χ2n) is 5.34. The quantitative estimate of drug-likeness (QED) is 0.569. The molecule has 1 fully saturated rings. The van der Waals surface area contributed by atoms with Gasteiger partial charge in [-0.1, -0.05) is 0 Å². The lowest BCUT2D eigenvalue weighted by Crippen LogP contribution is -2.49. The molecule has 2 rings (SSSR count). The average molecular weight is 387 g/mol. The summed E-state index contributed by atoms with van der Waals surface area (Å²) >= 11 is 0. The molecule has 144 valence electrons. The highest BCUT2D eigenvalue weighted by Gasteiger charge is 2.26. The molecule has 0 aliphatic carbocycles. The number of nitrogens with one attached hydrogen (secondary N) is 2. The molecule has 0 unspecified atom stereocenters. The van der Waals surface area contributed by atoms with Crippen molar-refractivity contribution in [2.75, 3.05) is 43.6 Å². The third kappa shape index (κ3) is 5.87. The minimum Gasteiger partial charge on any atom is -0.494 e. The maximum absolute atomic E-state index is 12.0. The Hall–Kier alpha value is -2.36. The second kappa shape index (κ2) is 10.6. The minimum atomic E-state index is -0.497. The smallest absolute Gasteiger partial charge is 0.328 e. The Morgan fingerprint density at radius 2 is 2.12 bits per heavy atom. The molecule has 9 nitrogen and oxygen atoms in total. The molecule has 0 aromatic heterocycles. The van der Waals surface area contributed by atoms with Crippen molar-refractivity contribution in [3.05, 3.63) is 18.2 Å². The Bertz CT molecular complexity index is 656. The molecule has 4 amide bonds. The topological polar surface area (TPSA) is 123 Å². The van der Waals surface area contributed by atoms with Crippen LogP contribution in [-0.2, 0) is 14.3 Å². The van der Waals surface area contributed by atoms with Crippen LogP contribution in [-0.4, -0.2) is 51.3 Å². The standard InChI is InChI=1S/C16H22N4O5.ClH/c1-24-13-10-11(18-15(22)5-8-25-9-6-17)2-3-12(13)20-7-4-14(21)19-16(20)23;/h2-3,10H,4-9,17H2,1H3,(H,18,22)(H,19,21,23);1H. The zero-order chi connectivity index (χ0) is 18.2. The highest BCUT2D eigenvalue weighted by molar-refractivity contribution is 6.06. The van der Waals surface area contributed by atoms with Crippen LogP contribution >= 0.6 is 12.4 Å². The molecule has 1 aromatic rings. The lowest BCUT2D eigenvalue weighted by molar-refractivity contribution is -0.120. The Balaban J connectivity index is 0.00000338. The number of methoxy groups -OCH3 is 1. The summed E-state index contributed by atoms with van der Waals surface area (Å²) in [4.78, 5) is 36.5. The fraction of sp³-hybridized carbons (Fsp3) is 0.438. The van der Waals surface area contributed by atoms with Gasteiger partial charge in [-0.3, -0.25) is 19.8 Å². The van der Waals surface area contributed by atoms with Crippen molar-refractivity contribution in [2.24, 2.45) is 5.73 Å². The van der Waals surface area contributed by atoms with E-state index < -0.39 is 6.03 Å². The molecule has 0 bridgehead atoms. The van der Waals surface area contributed by atoms with Crippen molar-refractivity contribution in [3.8, 4) is 5.75 Å². The van der Waals surface area contributed by atoms with Gasteiger partial charge in [0, 0.05) is 31.3 Å². The first-order valence-corrected chi connectivity index (χ1v) is 7.92. The zero-order valence-electron chi connectivity index (χ0n) is 14.4. The summed E-state index contributed by atoms with van der Waals surface area (Å²) in [5, 5.41) is 5.00. The molecule has 4 N–H and O–H groups in total. The molecular weight excluding hydrogens is 364 g/mol. The fourth-order valence-corrected chi connectivity index (χ4v) is 2.35. The van der Waals surface area contributed by atoms with E-state index in [0.29, 0.717) is 36.9 Å². The van der Waals surface area contributed by atoms with Gasteiger partial charge in [0.25, 0.3) is 0 Å². The molecule has 1 aromatic carbocycles. The number of anilines is 2. The van der Waals surface area contributed by atoms with Crippen LogP contribution in [0.25, 0.3) is 0 Å². The predicted molar refractivity (Wildman–Crippen MR) is 98.9 cm³/mol. The van der Waals surface area contributed by atoms with Crippen LogP contribution in [0.2, 0.25) is 0 Å². The van der Waals surface area contributed by atoms with Crippen LogP contribution in [0.15, 0.2) is 18.2 Å². The van der Waals surface area contributed by atoms with Gasteiger partial charge in [-0.25, -0.2) is 4.79 Å². The first-order valence-electron chi connectivity index (χ1n) is 7.92. The third-order valence-corrected chi connectivity index (χ3v) is 3.54. The van der Waals surface area contributed by atoms with Gasteiger partial charge >= 0.3 is 6.03 Å². The van der Waals surface area contributed by atoms with Crippen molar-refractivity contribution in [2.45, 2.75) is 12.8 Å². The molecular formula is C16H23ClN4O5. The number of halogens is 1. The number of rotatable bonds is 8. The van der Waals surface area contributed by atoms with Crippen LogP contribution in [0, 0.1) is 0 Å². The number of ether oxygens (including phenoxy) is 2. The van der Waals surface area contributed by atoms with Gasteiger partial charge in [0.05, 0.1) is 32.4 Å². The van der Waals surface area contributed by atoms with E-state index in [9.17, 15) is 14.4 Å². The fourth-order valence-electron chi connectivity index (χ4n) is 2.35. The molecule has 1 aliphatic heterocycles. The van der Waals surface area contributed by atoms with Gasteiger partial charge in [0.15, 0.2) is 0 Å². The number of hydrogen-bond acceptors (Lipinski definition) is 6. The molecule has 0 spiro atoms. The van der Waals surface area contributed by atoms with E-state index in [1.54, 1.807) is 18.2 Å². The van der Waals surface area contributed by atoms with Gasteiger partial charge in [0.1, 0.15) is 5.75 Å². The number of nitrogens with two attached hydrogens (primary N) is 1. The Kier molecular flexibility index (Phi) is 8.83. The highest BCUT2D eigenvalue weighted by Crippen LogP contribution is 2.32. The van der Waals surface area contributed by atoms with Gasteiger partial charge in [-0.15, -0.1) is 12.4 Å². The van der Waals surface area contributed by atoms with Gasteiger partial charge in [-0.05, 0) is 12.1 Å². The lowest BCUT2D eigenvalue weighted by Gasteiger charge is -2.28. The summed E-state index contributed by atoms with van der Waals surface area (Å²) in [6.45, 7) is 1.39. The van der Waals surface area contributed by atoms with E-state index in [0.717, 1.165) is 0 Å². The van der Waals surface area contributed by atoms with Crippen molar-refractivity contribution in [1.29, 1.82) is 0 Å². The first kappa shape index (κ1) is 21.7. The number of carbonyl (C=O) groups is 3. The molecule has 0 saturated carbocycles. The van der Waals surface area contributed by atoms with Crippen molar-refractivity contribution in [1.82, 2.24) is 5.32 Å². The third-order valence-electron chi connectivity index (χ3n) is 3.54. The van der Waals surface area contributed by atoms with Crippen LogP contribution in [0.4, 0.5) is 16.2 Å². The number of benzene rings is 1. The highest BCUT2D eigenvalue weighted by atomic mass is 35.5. The van der Waals surface area contributed by atoms with E-state index in [1.807, 2.05) is 0 Å². The number of nitrogens with zero attached hydrogens (tertiary/aromatic N) is 1. The summed E-state index contributed by atoms with van der Waals surface area (Å²) in [6.07, 6.45) is 0.427. The molecule has 10 heteroatoms. The minimum absolute atomic E-state index is 0. The van der Waals surface area contributed by atoms with Crippen molar-refractivity contribution < 1.29 is 23.9 Å². The van der Waals surface area contributed by atoms with E-state index in [-0.39, 0.29) is 43.6 Å². The molecule has 0 radical (unpaired) electrons. The van der Waals surface area contributed by atoms with Crippen molar-refractivity contribution in [3.63, 3.8) is 0 Å². The summed E-state index contributed by atoms with van der Waals surface area (Å²) < 4.78 is 10.5. The monoisotopic (exact) mass is 386 g/mol. The molecule has 1 heterocycles. The molecule has 1 saturated heterocycles. The molecule has 26 heavy (non-hydrogen) atoms. The van der Waals surface area contributed by atoms with Crippen LogP contribution < -0.4 is 26.0 Å². The predicted octanol–water partition coefficient (Wildman–Crippen LogP) is 0.867. The summed E-state index contributed by atoms with van der Waals surface area (Å²) in [5.41, 5.74) is 6.37. The Labute approximate surface area is 157 Å². The first-order chi connectivity index (χ1) is 12.0. The molecule has 0 atom stereocenters. The van der Waals surface area contributed by atoms with Gasteiger partial charge < -0.3 is 20.5 Å². The normalized spacial score (nSPS) is 13.7. The number of amides is 4. The zero-order valence-corrected chi connectivity index (χ0v) is 15.3. The van der Waals surface area contributed by atoms with E-state index in [1.165, 1.54) is 12.0 Å². The summed E-state index contributed by atoms with van der Waals surface area (Å²) in [5.74, 6) is -0.0872.